The van der Waals surface area contributed by atoms with Crippen LogP contribution in [0, 0.1) is 0 Å². The van der Waals surface area contributed by atoms with Crippen LogP contribution in [0.4, 0.5) is 0 Å². The Balaban J connectivity index is 1.84. The number of rotatable bonds is 4. The van der Waals surface area contributed by atoms with Gasteiger partial charge in [0.2, 0.25) is 0 Å². The molecule has 0 spiro atoms. The van der Waals surface area contributed by atoms with Crippen LogP contribution < -0.4 is 5.73 Å². The monoisotopic (exact) mass is 408 g/mol. The highest BCUT2D eigenvalue weighted by atomic mass is 16.5. The summed E-state index contributed by atoms with van der Waals surface area (Å²) < 4.78 is 7.33. The molecule has 0 aliphatic rings. The number of ether oxygens (including phenoxy) is 1. The first-order chi connectivity index (χ1) is 15.1. The number of carbonyl (C=O) groups excluding carboxylic acids is 1. The minimum absolute atomic E-state index is 0.270. The van der Waals surface area contributed by atoms with Gasteiger partial charge in [-0.3, -0.25) is 0 Å². The second kappa shape index (κ2) is 7.56. The summed E-state index contributed by atoms with van der Waals surface area (Å²) in [6, 6.07) is 25.4. The lowest BCUT2D eigenvalue weighted by Gasteiger charge is -2.13. The number of carbonyl (C=O) groups is 1. The van der Waals surface area contributed by atoms with Crippen LogP contribution in [0.15, 0.2) is 72.8 Å². The van der Waals surface area contributed by atoms with E-state index in [9.17, 15) is 4.79 Å². The van der Waals surface area contributed by atoms with Crippen LogP contribution in [0.2, 0.25) is 0 Å². The van der Waals surface area contributed by atoms with Gasteiger partial charge in [0.25, 0.3) is 0 Å². The van der Waals surface area contributed by atoms with Crippen LogP contribution in [0.1, 0.15) is 23.0 Å². The number of fused-ring (bicyclic) bond motifs is 3. The first-order valence-electron chi connectivity index (χ1n) is 10.5. The Hall–Kier alpha value is -3.63. The molecule has 0 radical (unpaired) electrons. The zero-order chi connectivity index (χ0) is 21.5. The Kier molecular flexibility index (Phi) is 4.72. The summed E-state index contributed by atoms with van der Waals surface area (Å²) in [5.41, 5.74) is 10.6. The minimum Gasteiger partial charge on any atom is -0.462 e. The Morgan fingerprint density at radius 1 is 0.903 bits per heavy atom. The fourth-order valence-corrected chi connectivity index (χ4v) is 4.64. The normalized spacial score (nSPS) is 11.5. The molecular formula is C27H24N2O2. The maximum Gasteiger partial charge on any atom is 0.340 e. The second-order valence-corrected chi connectivity index (χ2v) is 7.73. The Labute approximate surface area is 180 Å². The molecule has 4 aromatic carbocycles. The lowest BCUT2D eigenvalue weighted by atomic mass is 9.91. The molecule has 31 heavy (non-hydrogen) atoms. The van der Waals surface area contributed by atoms with E-state index in [4.69, 9.17) is 10.5 Å². The van der Waals surface area contributed by atoms with Crippen LogP contribution in [-0.4, -0.2) is 17.1 Å². The average molecular weight is 409 g/mol. The highest BCUT2D eigenvalue weighted by Crippen LogP contribution is 2.38. The molecule has 0 aliphatic heterocycles. The molecule has 154 valence electrons. The summed E-state index contributed by atoms with van der Waals surface area (Å²) in [5, 5.41) is 5.70. The molecule has 0 bridgehead atoms. The van der Waals surface area contributed by atoms with E-state index in [1.54, 1.807) is 0 Å². The molecule has 4 nitrogen and oxygen atoms in total. The summed E-state index contributed by atoms with van der Waals surface area (Å²) >= 11 is 0. The van der Waals surface area contributed by atoms with Crippen molar-refractivity contribution < 1.29 is 9.53 Å². The smallest absolute Gasteiger partial charge is 0.340 e. The number of aromatic nitrogens is 1. The van der Waals surface area contributed by atoms with Gasteiger partial charge in [-0.25, -0.2) is 4.79 Å². The molecule has 0 amide bonds. The third-order valence-corrected chi connectivity index (χ3v) is 6.05. The molecule has 1 aromatic heterocycles. The Bertz CT molecular complexity index is 1410. The number of nitrogens with zero attached hydrogens (tertiary/aromatic N) is 1. The third-order valence-electron chi connectivity index (χ3n) is 6.05. The van der Waals surface area contributed by atoms with Crippen molar-refractivity contribution in [2.75, 3.05) is 6.61 Å². The third kappa shape index (κ3) is 2.99. The van der Waals surface area contributed by atoms with Gasteiger partial charge in [0.1, 0.15) is 0 Å². The van der Waals surface area contributed by atoms with Crippen molar-refractivity contribution in [3.8, 4) is 11.1 Å². The van der Waals surface area contributed by atoms with E-state index in [-0.39, 0.29) is 12.5 Å². The lowest BCUT2D eigenvalue weighted by molar-refractivity contribution is 0.0527. The van der Waals surface area contributed by atoms with Crippen molar-refractivity contribution in [2.45, 2.75) is 13.5 Å². The number of benzene rings is 4. The van der Waals surface area contributed by atoms with Gasteiger partial charge >= 0.3 is 5.97 Å². The SMILES string of the molecule is CCOC(=O)c1c(CN)n(C)c2cc(-c3c4ccccc4cc4ccccc34)ccc12. The van der Waals surface area contributed by atoms with Crippen LogP contribution in [0.25, 0.3) is 43.6 Å². The number of hydrogen-bond donors (Lipinski definition) is 1. The molecule has 5 aromatic rings. The molecule has 0 saturated heterocycles. The maximum absolute atomic E-state index is 12.7. The summed E-state index contributed by atoms with van der Waals surface area (Å²) in [4.78, 5) is 12.7. The average Bonchev–Trinajstić information content (AvgIpc) is 3.08. The van der Waals surface area contributed by atoms with Gasteiger partial charge in [-0.05, 0) is 51.7 Å². The fraction of sp³-hybridized carbons (Fsp3) is 0.148. The molecule has 2 N–H and O–H groups in total. The van der Waals surface area contributed by atoms with Crippen LogP contribution in [0.3, 0.4) is 0 Å². The van der Waals surface area contributed by atoms with Gasteiger partial charge in [-0.2, -0.15) is 0 Å². The molecule has 4 heteroatoms. The highest BCUT2D eigenvalue weighted by Gasteiger charge is 2.22. The number of aryl methyl sites for hydroxylation is 1. The van der Waals surface area contributed by atoms with Crippen LogP contribution >= 0.6 is 0 Å². The number of nitrogens with two attached hydrogens (primary N) is 1. The van der Waals surface area contributed by atoms with Gasteiger partial charge in [-0.15, -0.1) is 0 Å². The molecular weight excluding hydrogens is 384 g/mol. The fourth-order valence-electron chi connectivity index (χ4n) is 4.64. The molecule has 1 heterocycles. The Morgan fingerprint density at radius 2 is 1.55 bits per heavy atom. The van der Waals surface area contributed by atoms with Crippen molar-refractivity contribution >= 4 is 38.4 Å². The van der Waals surface area contributed by atoms with Crippen LogP contribution in [0.5, 0.6) is 0 Å². The first kappa shape index (κ1) is 19.3. The van der Waals surface area contributed by atoms with E-state index in [0.29, 0.717) is 12.2 Å². The predicted molar refractivity (Wildman–Crippen MR) is 127 cm³/mol. The van der Waals surface area contributed by atoms with Gasteiger partial charge < -0.3 is 15.0 Å². The minimum atomic E-state index is -0.322. The molecule has 0 fully saturated rings. The van der Waals surface area contributed by atoms with E-state index in [1.165, 1.54) is 27.1 Å². The Morgan fingerprint density at radius 3 is 2.16 bits per heavy atom. The van der Waals surface area contributed by atoms with Gasteiger partial charge in [0, 0.05) is 30.2 Å². The van der Waals surface area contributed by atoms with Crippen molar-refractivity contribution in [3.63, 3.8) is 0 Å². The van der Waals surface area contributed by atoms with Crippen molar-refractivity contribution in [2.24, 2.45) is 12.8 Å². The van der Waals surface area contributed by atoms with E-state index in [0.717, 1.165) is 22.2 Å². The molecule has 0 aliphatic carbocycles. The van der Waals surface area contributed by atoms with Crippen molar-refractivity contribution in [3.05, 3.63) is 84.1 Å². The first-order valence-corrected chi connectivity index (χ1v) is 10.5. The predicted octanol–water partition coefficient (Wildman–Crippen LogP) is 5.79. The summed E-state index contributed by atoms with van der Waals surface area (Å²) in [7, 11) is 1.96. The van der Waals surface area contributed by atoms with Gasteiger partial charge in [0.05, 0.1) is 12.2 Å². The van der Waals surface area contributed by atoms with Crippen molar-refractivity contribution in [1.82, 2.24) is 4.57 Å². The maximum atomic E-state index is 12.7. The second-order valence-electron chi connectivity index (χ2n) is 7.73. The molecule has 0 saturated carbocycles. The zero-order valence-electron chi connectivity index (χ0n) is 17.7. The van der Waals surface area contributed by atoms with Crippen LogP contribution in [-0.2, 0) is 18.3 Å². The van der Waals surface area contributed by atoms with E-state index >= 15 is 0 Å². The topological polar surface area (TPSA) is 57.2 Å². The summed E-state index contributed by atoms with van der Waals surface area (Å²) in [5.74, 6) is -0.322. The highest BCUT2D eigenvalue weighted by molar-refractivity contribution is 6.14. The standard InChI is InChI=1S/C27H24N2O2/c1-3-31-27(30)26-22-13-12-19(15-23(22)29(2)24(26)16-28)25-20-10-6-4-8-17(20)14-18-9-5-7-11-21(18)25/h4-15H,3,16,28H2,1-2H3. The number of esters is 1. The zero-order valence-corrected chi connectivity index (χ0v) is 17.7. The quantitative estimate of drug-likeness (QED) is 0.303. The largest absolute Gasteiger partial charge is 0.462 e. The number of hydrogen-bond acceptors (Lipinski definition) is 3. The van der Waals surface area contributed by atoms with E-state index in [1.807, 2.05) is 24.6 Å². The van der Waals surface area contributed by atoms with E-state index in [2.05, 4.69) is 66.7 Å². The molecule has 0 atom stereocenters. The van der Waals surface area contributed by atoms with Gasteiger partial charge in [0.15, 0.2) is 0 Å². The summed E-state index contributed by atoms with van der Waals surface area (Å²) in [6.45, 7) is 2.42. The van der Waals surface area contributed by atoms with Gasteiger partial charge in [-0.1, -0.05) is 60.7 Å². The molecule has 0 unspecified atom stereocenters. The van der Waals surface area contributed by atoms with E-state index < -0.39 is 0 Å². The molecule has 5 rings (SSSR count). The lowest BCUT2D eigenvalue weighted by Crippen LogP contribution is -2.12. The van der Waals surface area contributed by atoms with Crippen molar-refractivity contribution in [1.29, 1.82) is 0 Å². The summed E-state index contributed by atoms with van der Waals surface area (Å²) in [6.07, 6.45) is 0.